The highest BCUT2D eigenvalue weighted by atomic mass is 19.4. The smallest absolute Gasteiger partial charge is 0.379 e. The minimum absolute atomic E-state index is 0.192. The van der Waals surface area contributed by atoms with Crippen LogP contribution in [0.15, 0.2) is 29.3 Å². The number of halogens is 3. The molecule has 0 amide bonds. The van der Waals surface area contributed by atoms with Crippen molar-refractivity contribution >= 4 is 5.96 Å². The lowest BCUT2D eigenvalue weighted by Gasteiger charge is -2.29. The van der Waals surface area contributed by atoms with Gasteiger partial charge in [-0.2, -0.15) is 13.2 Å². The minimum atomic E-state index is -4.34. The van der Waals surface area contributed by atoms with E-state index in [1.54, 1.807) is 6.07 Å². The molecule has 1 saturated heterocycles. The van der Waals surface area contributed by atoms with E-state index >= 15 is 0 Å². The Kier molecular flexibility index (Phi) is 8.37. The highest BCUT2D eigenvalue weighted by Gasteiger charge is 2.30. The number of aliphatic imine (C=N–C) groups is 1. The van der Waals surface area contributed by atoms with Crippen LogP contribution in [0.3, 0.4) is 0 Å². The number of nitrogens with one attached hydrogen (secondary N) is 2. The van der Waals surface area contributed by atoms with Crippen molar-refractivity contribution in [2.45, 2.75) is 26.6 Å². The molecule has 0 radical (unpaired) electrons. The van der Waals surface area contributed by atoms with Crippen LogP contribution in [0.2, 0.25) is 0 Å². The maximum absolute atomic E-state index is 12.8. The molecule has 1 aromatic rings. The van der Waals surface area contributed by atoms with Gasteiger partial charge >= 0.3 is 6.18 Å². The van der Waals surface area contributed by atoms with Gasteiger partial charge in [0.2, 0.25) is 0 Å². The van der Waals surface area contributed by atoms with Gasteiger partial charge in [-0.1, -0.05) is 19.1 Å². The summed E-state index contributed by atoms with van der Waals surface area (Å²) >= 11 is 0. The summed E-state index contributed by atoms with van der Waals surface area (Å²) in [5, 5.41) is 6.42. The molecular formula is C19H29F3N4O. The molecule has 0 aromatic heterocycles. The zero-order chi connectivity index (χ0) is 19.7. The third-order valence-corrected chi connectivity index (χ3v) is 4.31. The van der Waals surface area contributed by atoms with Gasteiger partial charge in [-0.15, -0.1) is 0 Å². The van der Waals surface area contributed by atoms with Crippen molar-refractivity contribution < 1.29 is 17.9 Å². The molecule has 1 unspecified atom stereocenters. The van der Waals surface area contributed by atoms with E-state index in [4.69, 9.17) is 4.74 Å². The number of morpholine rings is 1. The number of guanidine groups is 1. The molecule has 1 aromatic carbocycles. The summed E-state index contributed by atoms with van der Waals surface area (Å²) in [6, 6.07) is 5.29. The molecule has 1 aliphatic heterocycles. The standard InChI is InChI=1S/C19H29F3N4O/c1-3-23-18(24-12-15(2)14-26-7-9-27-10-8-26)25-13-16-5-4-6-17(11-16)19(20,21)22/h4-6,11,15H,3,7-10,12-14H2,1-2H3,(H2,23,24,25). The van der Waals surface area contributed by atoms with E-state index in [0.29, 0.717) is 24.0 Å². The SMILES string of the molecule is CCNC(=NCc1cccc(C(F)(F)F)c1)NCC(C)CN1CCOCC1. The first-order valence-corrected chi connectivity index (χ1v) is 9.37. The number of alkyl halides is 3. The van der Waals surface area contributed by atoms with Crippen molar-refractivity contribution in [1.82, 2.24) is 15.5 Å². The number of rotatable bonds is 7. The zero-order valence-electron chi connectivity index (χ0n) is 16.0. The highest BCUT2D eigenvalue weighted by Crippen LogP contribution is 2.29. The number of ether oxygens (including phenoxy) is 1. The maximum Gasteiger partial charge on any atom is 0.416 e. The Morgan fingerprint density at radius 2 is 2.00 bits per heavy atom. The van der Waals surface area contributed by atoms with Gasteiger partial charge in [-0.3, -0.25) is 4.90 Å². The molecule has 2 N–H and O–H groups in total. The molecule has 2 rings (SSSR count). The second-order valence-electron chi connectivity index (χ2n) is 6.79. The summed E-state index contributed by atoms with van der Waals surface area (Å²) in [7, 11) is 0. The monoisotopic (exact) mass is 386 g/mol. The van der Waals surface area contributed by atoms with Gasteiger partial charge < -0.3 is 15.4 Å². The van der Waals surface area contributed by atoms with E-state index in [-0.39, 0.29) is 6.54 Å². The van der Waals surface area contributed by atoms with E-state index in [0.717, 1.165) is 51.5 Å². The van der Waals surface area contributed by atoms with Crippen LogP contribution in [0.1, 0.15) is 25.0 Å². The van der Waals surface area contributed by atoms with E-state index in [1.807, 2.05) is 6.92 Å². The quantitative estimate of drug-likeness (QED) is 0.559. The largest absolute Gasteiger partial charge is 0.416 e. The predicted octanol–water partition coefficient (Wildman–Crippen LogP) is 2.73. The normalized spacial score (nSPS) is 17.6. The molecule has 0 saturated carbocycles. The van der Waals surface area contributed by atoms with Gasteiger partial charge in [0, 0.05) is 32.7 Å². The van der Waals surface area contributed by atoms with Gasteiger partial charge in [-0.05, 0) is 30.5 Å². The molecule has 0 spiro atoms. The molecule has 5 nitrogen and oxygen atoms in total. The summed E-state index contributed by atoms with van der Waals surface area (Å²) in [5.74, 6) is 1.03. The number of hydrogen-bond acceptors (Lipinski definition) is 3. The molecule has 0 aliphatic carbocycles. The Morgan fingerprint density at radius 3 is 2.67 bits per heavy atom. The van der Waals surface area contributed by atoms with Crippen LogP contribution in [0.25, 0.3) is 0 Å². The Morgan fingerprint density at radius 1 is 1.26 bits per heavy atom. The van der Waals surface area contributed by atoms with Crippen LogP contribution in [0.5, 0.6) is 0 Å². The first kappa shape index (κ1) is 21.5. The highest BCUT2D eigenvalue weighted by molar-refractivity contribution is 5.79. The molecule has 8 heteroatoms. The van der Waals surface area contributed by atoms with E-state index < -0.39 is 11.7 Å². The lowest BCUT2D eigenvalue weighted by molar-refractivity contribution is -0.137. The predicted molar refractivity (Wildman–Crippen MR) is 101 cm³/mol. The third kappa shape index (κ3) is 7.76. The van der Waals surface area contributed by atoms with E-state index in [9.17, 15) is 13.2 Å². The van der Waals surface area contributed by atoms with Gasteiger partial charge in [-0.25, -0.2) is 4.99 Å². The second kappa shape index (κ2) is 10.5. The molecule has 1 fully saturated rings. The topological polar surface area (TPSA) is 48.9 Å². The molecule has 1 atom stereocenters. The number of benzene rings is 1. The lowest BCUT2D eigenvalue weighted by atomic mass is 10.1. The van der Waals surface area contributed by atoms with Gasteiger partial charge in [0.1, 0.15) is 0 Å². The number of nitrogens with zero attached hydrogens (tertiary/aromatic N) is 2. The van der Waals surface area contributed by atoms with Crippen molar-refractivity contribution in [2.75, 3.05) is 45.9 Å². The maximum atomic E-state index is 12.8. The zero-order valence-corrected chi connectivity index (χ0v) is 16.0. The second-order valence-corrected chi connectivity index (χ2v) is 6.79. The average molecular weight is 386 g/mol. The fourth-order valence-corrected chi connectivity index (χ4v) is 2.92. The average Bonchev–Trinajstić information content (AvgIpc) is 2.64. The van der Waals surface area contributed by atoms with Crippen molar-refractivity contribution in [3.63, 3.8) is 0 Å². The summed E-state index contributed by atoms with van der Waals surface area (Å²) in [4.78, 5) is 6.80. The fraction of sp³-hybridized carbons (Fsp3) is 0.632. The van der Waals surface area contributed by atoms with Crippen LogP contribution in [-0.4, -0.2) is 56.8 Å². The van der Waals surface area contributed by atoms with Gasteiger partial charge in [0.25, 0.3) is 0 Å². The van der Waals surface area contributed by atoms with Crippen molar-refractivity contribution in [1.29, 1.82) is 0 Å². The van der Waals surface area contributed by atoms with Crippen LogP contribution in [-0.2, 0) is 17.5 Å². The first-order chi connectivity index (χ1) is 12.9. The first-order valence-electron chi connectivity index (χ1n) is 9.37. The summed E-state index contributed by atoms with van der Waals surface area (Å²) in [6.07, 6.45) is -4.34. The van der Waals surface area contributed by atoms with Crippen LogP contribution >= 0.6 is 0 Å². The Hall–Kier alpha value is -1.80. The van der Waals surface area contributed by atoms with E-state index in [1.165, 1.54) is 6.07 Å². The lowest BCUT2D eigenvalue weighted by Crippen LogP contribution is -2.44. The summed E-state index contributed by atoms with van der Waals surface area (Å²) < 4.78 is 43.8. The number of hydrogen-bond donors (Lipinski definition) is 2. The third-order valence-electron chi connectivity index (χ3n) is 4.31. The Balaban J connectivity index is 1.88. The Bertz CT molecular complexity index is 601. The molecule has 152 valence electrons. The molecule has 27 heavy (non-hydrogen) atoms. The van der Waals surface area contributed by atoms with Crippen molar-refractivity contribution in [2.24, 2.45) is 10.9 Å². The molecular weight excluding hydrogens is 357 g/mol. The van der Waals surface area contributed by atoms with Crippen molar-refractivity contribution in [3.05, 3.63) is 35.4 Å². The van der Waals surface area contributed by atoms with Crippen LogP contribution in [0.4, 0.5) is 13.2 Å². The van der Waals surface area contributed by atoms with E-state index in [2.05, 4.69) is 27.4 Å². The summed E-state index contributed by atoms with van der Waals surface area (Å²) in [6.45, 7) is 10.2. The van der Waals surface area contributed by atoms with Gasteiger partial charge in [0.05, 0.1) is 25.3 Å². The molecule has 1 heterocycles. The van der Waals surface area contributed by atoms with Crippen LogP contribution in [0, 0.1) is 5.92 Å². The Labute approximate surface area is 159 Å². The summed E-state index contributed by atoms with van der Waals surface area (Å²) in [5.41, 5.74) is -0.115. The molecule has 1 aliphatic rings. The van der Waals surface area contributed by atoms with Crippen LogP contribution < -0.4 is 10.6 Å². The van der Waals surface area contributed by atoms with Crippen molar-refractivity contribution in [3.8, 4) is 0 Å². The molecule has 0 bridgehead atoms. The minimum Gasteiger partial charge on any atom is -0.379 e. The van der Waals surface area contributed by atoms with Gasteiger partial charge in [0.15, 0.2) is 5.96 Å². The fourth-order valence-electron chi connectivity index (χ4n) is 2.92.